The minimum absolute atomic E-state index is 0.00936. The van der Waals surface area contributed by atoms with Crippen LogP contribution in [0.15, 0.2) is 48.5 Å². The molecular formula is C19H21N7O3. The van der Waals surface area contributed by atoms with Crippen LogP contribution in [0, 0.1) is 0 Å². The SMILES string of the molecule is COc1ccc(CNC(=O)Nc2ccc(-n3nnc(C(=O)N(C)C)n3)cc2)cc1. The first-order valence-corrected chi connectivity index (χ1v) is 8.76. The molecule has 0 saturated heterocycles. The standard InChI is InChI=1S/C19H21N7O3/c1-25(2)18(27)17-22-24-26(23-17)15-8-6-14(7-9-15)21-19(28)20-12-13-4-10-16(29-3)11-5-13/h4-11H,12H2,1-3H3,(H2,20,21,28). The molecule has 2 N–H and O–H groups in total. The van der Waals surface area contributed by atoms with Gasteiger partial charge in [0.15, 0.2) is 0 Å². The van der Waals surface area contributed by atoms with Crippen molar-refractivity contribution in [2.45, 2.75) is 6.54 Å². The van der Waals surface area contributed by atoms with Crippen LogP contribution >= 0.6 is 0 Å². The van der Waals surface area contributed by atoms with Crippen molar-refractivity contribution in [3.63, 3.8) is 0 Å². The number of anilines is 1. The Bertz CT molecular complexity index is 982. The van der Waals surface area contributed by atoms with Crippen LogP contribution in [0.1, 0.15) is 16.2 Å². The Morgan fingerprint density at radius 2 is 1.76 bits per heavy atom. The highest BCUT2D eigenvalue weighted by Gasteiger charge is 2.15. The number of hydrogen-bond acceptors (Lipinski definition) is 6. The van der Waals surface area contributed by atoms with E-state index < -0.39 is 0 Å². The van der Waals surface area contributed by atoms with Crippen molar-refractivity contribution in [3.05, 3.63) is 59.9 Å². The van der Waals surface area contributed by atoms with E-state index in [4.69, 9.17) is 4.74 Å². The zero-order valence-corrected chi connectivity index (χ0v) is 16.3. The van der Waals surface area contributed by atoms with Gasteiger partial charge in [-0.2, -0.15) is 0 Å². The summed E-state index contributed by atoms with van der Waals surface area (Å²) in [7, 11) is 4.83. The molecule has 0 saturated carbocycles. The van der Waals surface area contributed by atoms with Crippen molar-refractivity contribution in [1.29, 1.82) is 0 Å². The first-order chi connectivity index (χ1) is 14.0. The van der Waals surface area contributed by atoms with Crippen molar-refractivity contribution in [3.8, 4) is 11.4 Å². The number of rotatable bonds is 6. The zero-order valence-electron chi connectivity index (χ0n) is 16.3. The summed E-state index contributed by atoms with van der Waals surface area (Å²) in [4.78, 5) is 26.6. The Morgan fingerprint density at radius 1 is 1.07 bits per heavy atom. The second-order valence-electron chi connectivity index (χ2n) is 6.30. The fourth-order valence-electron chi connectivity index (χ4n) is 2.39. The number of aromatic nitrogens is 4. The molecule has 2 aromatic carbocycles. The third-order valence-corrected chi connectivity index (χ3v) is 3.98. The largest absolute Gasteiger partial charge is 0.497 e. The molecule has 29 heavy (non-hydrogen) atoms. The fraction of sp³-hybridized carbons (Fsp3) is 0.211. The number of methoxy groups -OCH3 is 1. The average Bonchev–Trinajstić information content (AvgIpc) is 3.22. The highest BCUT2D eigenvalue weighted by atomic mass is 16.5. The van der Waals surface area contributed by atoms with Crippen LogP contribution in [0.5, 0.6) is 5.75 Å². The van der Waals surface area contributed by atoms with E-state index in [-0.39, 0.29) is 17.8 Å². The summed E-state index contributed by atoms with van der Waals surface area (Å²) in [5, 5.41) is 17.2. The molecule has 1 heterocycles. The van der Waals surface area contributed by atoms with E-state index in [2.05, 4.69) is 26.0 Å². The summed E-state index contributed by atoms with van der Waals surface area (Å²) in [6.07, 6.45) is 0. The van der Waals surface area contributed by atoms with Gasteiger partial charge in [-0.1, -0.05) is 12.1 Å². The number of amides is 3. The van der Waals surface area contributed by atoms with E-state index in [1.165, 1.54) is 9.70 Å². The molecule has 10 heteroatoms. The molecule has 150 valence electrons. The fourth-order valence-corrected chi connectivity index (χ4v) is 2.39. The number of hydrogen-bond donors (Lipinski definition) is 2. The van der Waals surface area contributed by atoms with Gasteiger partial charge < -0.3 is 20.3 Å². The molecule has 0 aliphatic carbocycles. The molecule has 0 spiro atoms. The van der Waals surface area contributed by atoms with Crippen LogP contribution in [0.4, 0.5) is 10.5 Å². The Hall–Kier alpha value is -3.95. The first-order valence-electron chi connectivity index (χ1n) is 8.76. The maximum Gasteiger partial charge on any atom is 0.319 e. The third kappa shape index (κ3) is 5.06. The van der Waals surface area contributed by atoms with Crippen molar-refractivity contribution in [1.82, 2.24) is 30.4 Å². The van der Waals surface area contributed by atoms with Crippen molar-refractivity contribution >= 4 is 17.6 Å². The number of carbonyl (C=O) groups is 2. The molecule has 3 rings (SSSR count). The quantitative estimate of drug-likeness (QED) is 0.657. The molecule has 1 aromatic heterocycles. The smallest absolute Gasteiger partial charge is 0.319 e. The number of carbonyl (C=O) groups excluding carboxylic acids is 2. The summed E-state index contributed by atoms with van der Waals surface area (Å²) in [5.41, 5.74) is 2.17. The molecule has 3 amide bonds. The number of nitrogens with zero attached hydrogens (tertiary/aromatic N) is 5. The summed E-state index contributed by atoms with van der Waals surface area (Å²) >= 11 is 0. The summed E-state index contributed by atoms with van der Waals surface area (Å²) in [6, 6.07) is 14.0. The average molecular weight is 395 g/mol. The predicted octanol–water partition coefficient (Wildman–Crippen LogP) is 1.69. The first kappa shape index (κ1) is 19.8. The summed E-state index contributed by atoms with van der Waals surface area (Å²) < 4.78 is 5.11. The predicted molar refractivity (Wildman–Crippen MR) is 106 cm³/mol. The zero-order chi connectivity index (χ0) is 20.8. The summed E-state index contributed by atoms with van der Waals surface area (Å²) in [5.74, 6) is 0.441. The molecule has 0 bridgehead atoms. The second-order valence-corrected chi connectivity index (χ2v) is 6.30. The summed E-state index contributed by atoms with van der Waals surface area (Å²) in [6.45, 7) is 0.388. The molecule has 3 aromatic rings. The van der Waals surface area contributed by atoms with Gasteiger partial charge in [0.2, 0.25) is 0 Å². The molecule has 0 aliphatic rings. The lowest BCUT2D eigenvalue weighted by molar-refractivity contribution is 0.0815. The third-order valence-electron chi connectivity index (χ3n) is 3.98. The van der Waals surface area contributed by atoms with Gasteiger partial charge in [-0.25, -0.2) is 4.79 Å². The number of urea groups is 1. The van der Waals surface area contributed by atoms with E-state index >= 15 is 0 Å². The van der Waals surface area contributed by atoms with Crippen LogP contribution in [-0.4, -0.2) is 58.3 Å². The van der Waals surface area contributed by atoms with Crippen LogP contribution in [-0.2, 0) is 6.54 Å². The minimum Gasteiger partial charge on any atom is -0.497 e. The Morgan fingerprint density at radius 3 is 2.38 bits per heavy atom. The molecule has 0 aliphatic heterocycles. The Labute approximate surface area is 167 Å². The normalized spacial score (nSPS) is 10.3. The minimum atomic E-state index is -0.330. The van der Waals surface area contributed by atoms with E-state index in [0.29, 0.717) is 17.9 Å². The van der Waals surface area contributed by atoms with Gasteiger partial charge in [0.1, 0.15) is 5.75 Å². The Kier molecular flexibility index (Phi) is 6.03. The van der Waals surface area contributed by atoms with Crippen LogP contribution in [0.3, 0.4) is 0 Å². The maximum atomic E-state index is 12.1. The topological polar surface area (TPSA) is 114 Å². The van der Waals surface area contributed by atoms with E-state index in [0.717, 1.165) is 11.3 Å². The molecule has 0 fully saturated rings. The molecule has 0 radical (unpaired) electrons. The number of ether oxygens (including phenoxy) is 1. The maximum absolute atomic E-state index is 12.1. The van der Waals surface area contributed by atoms with Gasteiger partial charge in [0.05, 0.1) is 12.8 Å². The van der Waals surface area contributed by atoms with Gasteiger partial charge in [-0.3, -0.25) is 4.79 Å². The van der Waals surface area contributed by atoms with Gasteiger partial charge in [0.25, 0.3) is 11.7 Å². The number of nitrogens with one attached hydrogen (secondary N) is 2. The highest BCUT2D eigenvalue weighted by Crippen LogP contribution is 2.13. The lowest BCUT2D eigenvalue weighted by Gasteiger charge is -2.09. The van der Waals surface area contributed by atoms with Crippen LogP contribution in [0.2, 0.25) is 0 Å². The molecule has 10 nitrogen and oxygen atoms in total. The Balaban J connectivity index is 1.55. The van der Waals surface area contributed by atoms with Crippen LogP contribution < -0.4 is 15.4 Å². The van der Waals surface area contributed by atoms with Crippen molar-refractivity contribution in [2.24, 2.45) is 0 Å². The lowest BCUT2D eigenvalue weighted by Crippen LogP contribution is -2.28. The number of tetrazole rings is 1. The van der Waals surface area contributed by atoms with Gasteiger partial charge in [-0.15, -0.1) is 15.0 Å². The van der Waals surface area contributed by atoms with Gasteiger partial charge >= 0.3 is 6.03 Å². The van der Waals surface area contributed by atoms with Gasteiger partial charge in [-0.05, 0) is 47.2 Å². The van der Waals surface area contributed by atoms with E-state index in [9.17, 15) is 9.59 Å². The van der Waals surface area contributed by atoms with Crippen molar-refractivity contribution in [2.75, 3.05) is 26.5 Å². The van der Waals surface area contributed by atoms with E-state index in [1.807, 2.05) is 24.3 Å². The lowest BCUT2D eigenvalue weighted by atomic mass is 10.2. The van der Waals surface area contributed by atoms with Crippen molar-refractivity contribution < 1.29 is 14.3 Å². The second kappa shape index (κ2) is 8.83. The molecule has 0 atom stereocenters. The molecule has 0 unspecified atom stereocenters. The monoisotopic (exact) mass is 395 g/mol. The molecular weight excluding hydrogens is 374 g/mol. The highest BCUT2D eigenvalue weighted by molar-refractivity contribution is 5.90. The number of benzene rings is 2. The van der Waals surface area contributed by atoms with Crippen LogP contribution in [0.25, 0.3) is 5.69 Å². The van der Waals surface area contributed by atoms with Gasteiger partial charge in [0, 0.05) is 26.3 Å². The van der Waals surface area contributed by atoms with E-state index in [1.54, 1.807) is 45.5 Å².